The third kappa shape index (κ3) is 11.8. The molecule has 19 nitrogen and oxygen atoms in total. The first-order valence-electron chi connectivity index (χ1n) is 25.7. The van der Waals surface area contributed by atoms with E-state index in [1.165, 1.54) is 21.6 Å². The fourth-order valence-corrected chi connectivity index (χ4v) is 10.5. The van der Waals surface area contributed by atoms with Crippen LogP contribution in [0.4, 0.5) is 4.39 Å². The number of ketones is 3. The van der Waals surface area contributed by atoms with Crippen LogP contribution in [0.15, 0.2) is 58.9 Å². The van der Waals surface area contributed by atoms with E-state index in [0.29, 0.717) is 76.7 Å². The Morgan fingerprint density at radius 2 is 1.66 bits per heavy atom. The van der Waals surface area contributed by atoms with Gasteiger partial charge in [0.2, 0.25) is 17.7 Å². The van der Waals surface area contributed by atoms with Crippen LogP contribution in [0.2, 0.25) is 0 Å². The number of carbonyl (C=O) groups excluding carboxylic acids is 9. The molecule has 3 aliphatic heterocycles. The summed E-state index contributed by atoms with van der Waals surface area (Å²) < 4.78 is 27.7. The number of aromatic nitrogens is 2. The Balaban J connectivity index is 0.800. The minimum atomic E-state index is -2.04. The molecule has 0 spiro atoms. The number of hydrogen-bond donors (Lipinski definition) is 4. The van der Waals surface area contributed by atoms with E-state index < -0.39 is 70.8 Å². The van der Waals surface area contributed by atoms with Crippen molar-refractivity contribution in [3.63, 3.8) is 0 Å². The monoisotopic (exact) mass is 1040 g/mol. The van der Waals surface area contributed by atoms with Gasteiger partial charge in [-0.1, -0.05) is 43.7 Å². The van der Waals surface area contributed by atoms with Crippen LogP contribution in [0.1, 0.15) is 123 Å². The molecule has 0 radical (unpaired) electrons. The summed E-state index contributed by atoms with van der Waals surface area (Å²) in [6.45, 7) is 3.61. The Hall–Kier alpha value is -7.58. The average Bonchev–Trinajstić information content (AvgIpc) is 3.97. The molecular weight excluding hydrogens is 984 g/mol. The maximum absolute atomic E-state index is 15.4. The van der Waals surface area contributed by atoms with Crippen LogP contribution in [0.3, 0.4) is 0 Å². The van der Waals surface area contributed by atoms with E-state index in [1.54, 1.807) is 51.1 Å². The lowest BCUT2D eigenvalue weighted by Gasteiger charge is -2.31. The van der Waals surface area contributed by atoms with E-state index in [0.717, 1.165) is 11.1 Å². The van der Waals surface area contributed by atoms with Gasteiger partial charge in [-0.15, -0.1) is 0 Å². The maximum Gasteiger partial charge on any atom is 0.343 e. The first-order chi connectivity index (χ1) is 36.4. The fraction of sp³-hybridized carbons (Fsp3) is 0.446. The van der Waals surface area contributed by atoms with E-state index in [2.05, 4.69) is 16.0 Å². The molecule has 0 bridgehead atoms. The molecule has 8 rings (SSSR count). The zero-order chi connectivity index (χ0) is 54.4. The fourth-order valence-electron chi connectivity index (χ4n) is 10.5. The number of carbonyl (C=O) groups is 9. The van der Waals surface area contributed by atoms with Crippen LogP contribution in [0, 0.1) is 18.7 Å². The lowest BCUT2D eigenvalue weighted by molar-refractivity contribution is -0.172. The minimum absolute atomic E-state index is 0.0202. The highest BCUT2D eigenvalue weighted by Crippen LogP contribution is 2.46. The number of aliphatic hydroxyl groups is 1. The number of benzene rings is 2. The van der Waals surface area contributed by atoms with E-state index in [4.69, 9.17) is 14.5 Å². The van der Waals surface area contributed by atoms with Crippen LogP contribution in [-0.4, -0.2) is 105 Å². The van der Waals surface area contributed by atoms with Crippen molar-refractivity contribution in [1.82, 2.24) is 30.4 Å². The summed E-state index contributed by atoms with van der Waals surface area (Å²) in [4.78, 5) is 135. The molecule has 4 aliphatic rings. The van der Waals surface area contributed by atoms with E-state index in [-0.39, 0.29) is 113 Å². The maximum atomic E-state index is 15.4. The van der Waals surface area contributed by atoms with Crippen LogP contribution >= 0.6 is 0 Å². The number of halogens is 1. The number of nitrogens with one attached hydrogen (secondary N) is 3. The molecule has 5 heterocycles. The molecule has 0 saturated carbocycles. The van der Waals surface area contributed by atoms with E-state index in [1.807, 2.05) is 6.07 Å². The number of nitrogens with zero attached hydrogens (tertiary/aromatic N) is 3. The predicted molar refractivity (Wildman–Crippen MR) is 271 cm³/mol. The molecule has 1 aliphatic carbocycles. The lowest BCUT2D eigenvalue weighted by Crippen LogP contribution is -2.44. The Kier molecular flexibility index (Phi) is 16.9. The summed E-state index contributed by atoms with van der Waals surface area (Å²) in [6, 6.07) is 11.3. The number of imide groups is 1. The highest BCUT2D eigenvalue weighted by molar-refractivity contribution is 6.15. The van der Waals surface area contributed by atoms with Gasteiger partial charge in [0, 0.05) is 78.8 Å². The van der Waals surface area contributed by atoms with Crippen molar-refractivity contribution in [2.24, 2.45) is 5.92 Å². The molecule has 4 N–H and O–H groups in total. The van der Waals surface area contributed by atoms with Crippen molar-refractivity contribution in [3.8, 4) is 11.4 Å². The Morgan fingerprint density at radius 3 is 2.39 bits per heavy atom. The number of esters is 1. The first-order valence-corrected chi connectivity index (χ1v) is 25.7. The van der Waals surface area contributed by atoms with Gasteiger partial charge in [0.15, 0.2) is 17.2 Å². The molecular formula is C56H61FN6O13. The van der Waals surface area contributed by atoms with Crippen LogP contribution in [0.25, 0.3) is 22.3 Å². The molecule has 0 fully saturated rings. The molecule has 0 saturated heterocycles. The van der Waals surface area contributed by atoms with Gasteiger partial charge >= 0.3 is 5.97 Å². The van der Waals surface area contributed by atoms with Crippen LogP contribution in [-0.2, 0) is 84.2 Å². The molecule has 400 valence electrons. The summed E-state index contributed by atoms with van der Waals surface area (Å²) >= 11 is 0. The lowest BCUT2D eigenvalue weighted by atomic mass is 9.81. The molecule has 4 aromatic rings. The standard InChI is InChI=1S/C56H61FN6O13/c1-4-56(74)41-24-45-51-39(28-63(45)54(72)40(41)29-76-55(56)73)50-43(16-15-38-32(3)42(57)25-44(61-51)49(38)50)60-47(68)30-75-20-18-36(65)26-59-52(70)34(22-33-11-7-5-8-12-33)23-37(66)27-58-46(67)17-14-35(64)13-9-6-10-19-62-48(69)21-31(2)53(62)71/h5,7-8,11-12,21,24-25,34,43,74H,4,6,9-10,13-20,22-23,26-30H2,1-3H3,(H,58,67)(H,59,70)(H,60,68)/t34-,43+,56+/m1/s1. The highest BCUT2D eigenvalue weighted by Gasteiger charge is 2.46. The molecule has 20 heteroatoms. The summed E-state index contributed by atoms with van der Waals surface area (Å²) in [7, 11) is 0. The number of cyclic esters (lactones) is 1. The Bertz CT molecular complexity index is 3150. The highest BCUT2D eigenvalue weighted by atomic mass is 19.1. The van der Waals surface area contributed by atoms with Gasteiger partial charge in [0.1, 0.15) is 24.8 Å². The number of fused-ring (bicyclic) bond motifs is 5. The van der Waals surface area contributed by atoms with Crippen LogP contribution < -0.4 is 21.5 Å². The number of amides is 5. The quantitative estimate of drug-likeness (QED) is 0.0367. The van der Waals surface area contributed by atoms with Crippen molar-refractivity contribution < 1.29 is 62.1 Å². The normalized spacial score (nSPS) is 17.6. The zero-order valence-electron chi connectivity index (χ0n) is 42.8. The number of unbranched alkanes of at least 4 members (excludes halogenated alkanes) is 2. The van der Waals surface area contributed by atoms with Crippen molar-refractivity contribution in [2.75, 3.05) is 32.8 Å². The average molecular weight is 1050 g/mol. The van der Waals surface area contributed by atoms with Crippen molar-refractivity contribution in [2.45, 2.75) is 123 Å². The second-order valence-corrected chi connectivity index (χ2v) is 19.9. The molecule has 2 aromatic carbocycles. The summed E-state index contributed by atoms with van der Waals surface area (Å²) in [5.41, 5.74) is 2.48. The van der Waals surface area contributed by atoms with Crippen molar-refractivity contribution >= 4 is 63.8 Å². The van der Waals surface area contributed by atoms with Gasteiger partial charge in [-0.25, -0.2) is 14.2 Å². The van der Waals surface area contributed by atoms with Gasteiger partial charge in [0.05, 0.1) is 54.8 Å². The largest absolute Gasteiger partial charge is 0.458 e. The SMILES string of the molecule is CC[C@@]1(O)C(=O)OCc2c1cc1n(c2=O)Cc2c-1nc1cc(F)c(C)c3c1c2[C@@H](NC(=O)COCCC(=O)CNC(=O)[C@@H](CC(=O)CNC(=O)CCC(=O)CCCCCN1C(=O)C=C(C)C1=O)Cc1ccccc1)CC3. The first kappa shape index (κ1) is 54.7. The zero-order valence-corrected chi connectivity index (χ0v) is 42.8. The molecule has 2 aromatic heterocycles. The number of pyridine rings is 2. The number of hydrogen-bond acceptors (Lipinski definition) is 14. The van der Waals surface area contributed by atoms with Gasteiger partial charge in [-0.2, -0.15) is 0 Å². The summed E-state index contributed by atoms with van der Waals surface area (Å²) in [5.74, 6) is -5.32. The van der Waals surface area contributed by atoms with Gasteiger partial charge in [0.25, 0.3) is 17.4 Å². The molecule has 3 atom stereocenters. The third-order valence-electron chi connectivity index (χ3n) is 14.7. The second kappa shape index (κ2) is 23.5. The minimum Gasteiger partial charge on any atom is -0.458 e. The summed E-state index contributed by atoms with van der Waals surface area (Å²) in [6.07, 6.45) is 3.67. The summed E-state index contributed by atoms with van der Waals surface area (Å²) in [5, 5.41) is 20.2. The number of rotatable bonds is 25. The predicted octanol–water partition coefficient (Wildman–Crippen LogP) is 3.88. The van der Waals surface area contributed by atoms with E-state index >= 15 is 4.39 Å². The number of Topliss-reactive ketones (excluding diaryl/α,β-unsaturated/α-hetero) is 3. The van der Waals surface area contributed by atoms with Crippen molar-refractivity contribution in [3.05, 3.63) is 109 Å². The number of aryl methyl sites for hydroxylation is 1. The van der Waals surface area contributed by atoms with Crippen molar-refractivity contribution in [1.29, 1.82) is 0 Å². The van der Waals surface area contributed by atoms with Gasteiger partial charge in [-0.05, 0) is 80.7 Å². The second-order valence-electron chi connectivity index (χ2n) is 19.9. The Labute approximate surface area is 437 Å². The van der Waals surface area contributed by atoms with Gasteiger partial charge < -0.3 is 35.1 Å². The Morgan fingerprint density at radius 1 is 0.895 bits per heavy atom. The third-order valence-corrected chi connectivity index (χ3v) is 14.7. The van der Waals surface area contributed by atoms with Gasteiger partial charge in [-0.3, -0.25) is 48.1 Å². The number of ether oxygens (including phenoxy) is 2. The molecule has 76 heavy (non-hydrogen) atoms. The smallest absolute Gasteiger partial charge is 0.343 e. The molecule has 5 amide bonds. The topological polar surface area (TPSA) is 267 Å². The van der Waals surface area contributed by atoms with Crippen LogP contribution in [0.5, 0.6) is 0 Å². The van der Waals surface area contributed by atoms with E-state index in [9.17, 15) is 53.1 Å². The molecule has 0 unspecified atom stereocenters.